The number of rotatable bonds is 3. The van der Waals surface area contributed by atoms with Crippen molar-refractivity contribution in [3.63, 3.8) is 0 Å². The van der Waals surface area contributed by atoms with Gasteiger partial charge in [-0.15, -0.1) is 0 Å². The second-order valence-electron chi connectivity index (χ2n) is 6.28. The number of carbonyl (C=O) groups excluding carboxylic acids is 1. The number of carbonyl (C=O) groups is 1. The third kappa shape index (κ3) is 3.23. The van der Waals surface area contributed by atoms with Gasteiger partial charge in [-0.1, -0.05) is 24.3 Å². The lowest BCUT2D eigenvalue weighted by Crippen LogP contribution is -2.30. The summed E-state index contributed by atoms with van der Waals surface area (Å²) in [6.07, 6.45) is 0.775. The van der Waals surface area contributed by atoms with Gasteiger partial charge in [0.05, 0.1) is 0 Å². The minimum Gasteiger partial charge on any atom is -0.319 e. The highest BCUT2D eigenvalue weighted by Crippen LogP contribution is 2.29. The predicted molar refractivity (Wildman–Crippen MR) is 98.2 cm³/mol. The zero-order valence-corrected chi connectivity index (χ0v) is 14.5. The van der Waals surface area contributed by atoms with E-state index in [4.69, 9.17) is 0 Å². The lowest BCUT2D eigenvalue weighted by molar-refractivity contribution is 0.0984. The molecule has 1 amide bonds. The summed E-state index contributed by atoms with van der Waals surface area (Å²) in [5.74, 6) is -1.83. The number of nitrogens with zero attached hydrogens (tertiary/aromatic N) is 3. The Morgan fingerprint density at radius 3 is 2.59 bits per heavy atom. The average molecular weight is 366 g/mol. The van der Waals surface area contributed by atoms with Gasteiger partial charge in [-0.3, -0.25) is 4.79 Å². The van der Waals surface area contributed by atoms with E-state index in [1.165, 1.54) is 6.07 Å². The van der Waals surface area contributed by atoms with E-state index in [0.29, 0.717) is 12.2 Å². The van der Waals surface area contributed by atoms with Crippen LogP contribution in [0.4, 0.5) is 26.1 Å². The lowest BCUT2D eigenvalue weighted by atomic mass is 10.2. The molecule has 0 atom stereocenters. The summed E-state index contributed by atoms with van der Waals surface area (Å²) in [4.78, 5) is 22.9. The Morgan fingerprint density at radius 2 is 1.81 bits per heavy atom. The fourth-order valence-electron chi connectivity index (χ4n) is 3.15. The molecule has 1 aliphatic rings. The fourth-order valence-corrected chi connectivity index (χ4v) is 3.15. The molecule has 0 bridgehead atoms. The first-order valence-corrected chi connectivity index (χ1v) is 8.49. The van der Waals surface area contributed by atoms with Crippen LogP contribution in [0.25, 0.3) is 0 Å². The van der Waals surface area contributed by atoms with Crippen LogP contribution in [0.15, 0.2) is 48.5 Å². The molecule has 136 valence electrons. The molecule has 0 spiro atoms. The van der Waals surface area contributed by atoms with Crippen LogP contribution in [0.5, 0.6) is 0 Å². The lowest BCUT2D eigenvalue weighted by Gasteiger charge is -2.17. The van der Waals surface area contributed by atoms with Gasteiger partial charge in [0.15, 0.2) is 0 Å². The molecule has 1 aliphatic heterocycles. The molecule has 5 nitrogen and oxygen atoms in total. The summed E-state index contributed by atoms with van der Waals surface area (Å²) in [6.45, 7) is 2.26. The van der Waals surface area contributed by atoms with Crippen LogP contribution in [0, 0.1) is 18.6 Å². The highest BCUT2D eigenvalue weighted by molar-refractivity contribution is 6.06. The number of nitrogens with one attached hydrogen (secondary N) is 1. The Morgan fingerprint density at radius 1 is 1.07 bits per heavy atom. The first-order valence-electron chi connectivity index (χ1n) is 8.49. The van der Waals surface area contributed by atoms with Crippen molar-refractivity contribution in [3.05, 3.63) is 77.1 Å². The van der Waals surface area contributed by atoms with Gasteiger partial charge in [-0.2, -0.15) is 0 Å². The molecule has 3 aromatic rings. The summed E-state index contributed by atoms with van der Waals surface area (Å²) in [5, 5.41) is 2.54. The van der Waals surface area contributed by atoms with Gasteiger partial charge >= 0.3 is 0 Å². The second-order valence-corrected chi connectivity index (χ2v) is 6.28. The van der Waals surface area contributed by atoms with Crippen LogP contribution in [-0.4, -0.2) is 22.4 Å². The number of hydrogen-bond donors (Lipinski definition) is 1. The van der Waals surface area contributed by atoms with Gasteiger partial charge in [-0.05, 0) is 43.2 Å². The Hall–Kier alpha value is -3.35. The standard InChI is InChI=1S/C20H16F2N4O/c1-12-11-16(19(27)26-10-9-13-5-2-3-8-17(13)26)24-20(23-12)25-18-14(21)6-4-7-15(18)22/h2-8,11H,9-10H2,1H3,(H,23,24,25). The normalized spacial score (nSPS) is 12.8. The molecule has 0 fully saturated rings. The predicted octanol–water partition coefficient (Wildman–Crippen LogP) is 4.01. The maximum Gasteiger partial charge on any atom is 0.277 e. The highest BCUT2D eigenvalue weighted by atomic mass is 19.1. The molecule has 0 saturated heterocycles. The maximum absolute atomic E-state index is 13.9. The summed E-state index contributed by atoms with van der Waals surface area (Å²) >= 11 is 0. The molecular weight excluding hydrogens is 350 g/mol. The highest BCUT2D eigenvalue weighted by Gasteiger charge is 2.26. The topological polar surface area (TPSA) is 58.1 Å². The first-order chi connectivity index (χ1) is 13.0. The number of benzene rings is 2. The molecule has 0 aliphatic carbocycles. The molecule has 7 heteroatoms. The van der Waals surface area contributed by atoms with E-state index in [1.54, 1.807) is 17.9 Å². The van der Waals surface area contributed by atoms with Crippen molar-refractivity contribution in [2.24, 2.45) is 0 Å². The Bertz CT molecular complexity index is 1020. The summed E-state index contributed by atoms with van der Waals surface area (Å²) in [7, 11) is 0. The molecular formula is C20H16F2N4O. The minimum atomic E-state index is -0.763. The van der Waals surface area contributed by atoms with E-state index < -0.39 is 11.6 Å². The van der Waals surface area contributed by atoms with E-state index in [-0.39, 0.29) is 23.2 Å². The molecule has 2 aromatic carbocycles. The summed E-state index contributed by atoms with van der Waals surface area (Å²) in [6, 6.07) is 12.8. The third-order valence-electron chi connectivity index (χ3n) is 4.41. The molecule has 0 radical (unpaired) electrons. The van der Waals surface area contributed by atoms with Crippen molar-refractivity contribution < 1.29 is 13.6 Å². The zero-order valence-electron chi connectivity index (χ0n) is 14.5. The minimum absolute atomic E-state index is 0.0326. The maximum atomic E-state index is 13.9. The average Bonchev–Trinajstić information content (AvgIpc) is 3.08. The van der Waals surface area contributed by atoms with Crippen LogP contribution in [-0.2, 0) is 6.42 Å². The van der Waals surface area contributed by atoms with Gasteiger partial charge in [0.25, 0.3) is 5.91 Å². The van der Waals surface area contributed by atoms with E-state index >= 15 is 0 Å². The van der Waals surface area contributed by atoms with Crippen LogP contribution < -0.4 is 10.2 Å². The van der Waals surface area contributed by atoms with Crippen molar-refractivity contribution in [2.45, 2.75) is 13.3 Å². The fraction of sp³-hybridized carbons (Fsp3) is 0.150. The number of anilines is 3. The first kappa shape index (κ1) is 17.1. The molecule has 27 heavy (non-hydrogen) atoms. The van der Waals surface area contributed by atoms with Crippen molar-refractivity contribution >= 4 is 23.2 Å². The number of halogens is 2. The molecule has 1 aromatic heterocycles. The number of amides is 1. The van der Waals surface area contributed by atoms with Crippen molar-refractivity contribution in [2.75, 3.05) is 16.8 Å². The SMILES string of the molecule is Cc1cc(C(=O)N2CCc3ccccc32)nc(Nc2c(F)cccc2F)n1. The Balaban J connectivity index is 1.66. The number of hydrogen-bond acceptors (Lipinski definition) is 4. The smallest absolute Gasteiger partial charge is 0.277 e. The van der Waals surface area contributed by atoms with E-state index in [1.807, 2.05) is 24.3 Å². The number of aromatic nitrogens is 2. The van der Waals surface area contributed by atoms with Crippen LogP contribution >= 0.6 is 0 Å². The van der Waals surface area contributed by atoms with E-state index in [0.717, 1.165) is 29.8 Å². The molecule has 4 rings (SSSR count). The monoisotopic (exact) mass is 366 g/mol. The van der Waals surface area contributed by atoms with Crippen molar-refractivity contribution in [3.8, 4) is 0 Å². The van der Waals surface area contributed by atoms with E-state index in [2.05, 4.69) is 15.3 Å². The van der Waals surface area contributed by atoms with Crippen molar-refractivity contribution in [1.29, 1.82) is 0 Å². The van der Waals surface area contributed by atoms with Gasteiger partial charge in [-0.25, -0.2) is 18.7 Å². The summed E-state index contributed by atoms with van der Waals surface area (Å²) in [5.41, 5.74) is 2.28. The summed E-state index contributed by atoms with van der Waals surface area (Å²) < 4.78 is 27.7. The van der Waals surface area contributed by atoms with Crippen LogP contribution in [0.2, 0.25) is 0 Å². The second kappa shape index (κ2) is 6.75. The number of fused-ring (bicyclic) bond motifs is 1. The quantitative estimate of drug-likeness (QED) is 0.761. The van der Waals surface area contributed by atoms with Gasteiger partial charge in [0.1, 0.15) is 23.0 Å². The third-order valence-corrected chi connectivity index (χ3v) is 4.41. The van der Waals surface area contributed by atoms with E-state index in [9.17, 15) is 13.6 Å². The largest absolute Gasteiger partial charge is 0.319 e. The Labute approximate surface area is 154 Å². The van der Waals surface area contributed by atoms with Gasteiger partial charge in [0.2, 0.25) is 5.95 Å². The zero-order chi connectivity index (χ0) is 19.0. The number of aryl methyl sites for hydroxylation is 1. The molecule has 1 N–H and O–H groups in total. The van der Waals surface area contributed by atoms with Gasteiger partial charge < -0.3 is 10.2 Å². The molecule has 2 heterocycles. The van der Waals surface area contributed by atoms with Crippen molar-refractivity contribution in [1.82, 2.24) is 9.97 Å². The molecule has 0 unspecified atom stereocenters. The van der Waals surface area contributed by atoms with Crippen LogP contribution in [0.3, 0.4) is 0 Å². The molecule has 0 saturated carbocycles. The Kier molecular flexibility index (Phi) is 4.27. The number of para-hydroxylation sites is 2. The van der Waals surface area contributed by atoms with Crippen LogP contribution in [0.1, 0.15) is 21.7 Å². The van der Waals surface area contributed by atoms with Gasteiger partial charge in [0, 0.05) is 17.9 Å².